The topological polar surface area (TPSA) is 78.9 Å². The van der Waals surface area contributed by atoms with Crippen LogP contribution in [0.5, 0.6) is 0 Å². The molecule has 6 nitrogen and oxygen atoms in total. The standard InChI is InChI=1S/C66H120O6/c1-4-7-10-13-16-19-22-25-27-29-31-32-33-35-36-38-41-44-47-50-53-56-59-65(68)71-62-63(61-70-64(67)58-55-52-49-46-43-40-24-21-18-15-12-9-6-3)72-66(69)60-57-54-51-48-45-42-39-37-34-30-28-26-23-20-17-14-11-8-5-2/h17,20-21,24,26,28,34,37,63H,4-16,18-19,22-23,25,27,29-33,35-36,38-62H2,1-3H3/b20-17-,24-21-,28-26-,37-34-. The Morgan fingerprint density at radius 2 is 0.500 bits per heavy atom. The lowest BCUT2D eigenvalue weighted by Gasteiger charge is -2.18. The molecule has 1 atom stereocenters. The van der Waals surface area contributed by atoms with Gasteiger partial charge in [-0.2, -0.15) is 0 Å². The van der Waals surface area contributed by atoms with E-state index in [9.17, 15) is 14.4 Å². The van der Waals surface area contributed by atoms with Crippen LogP contribution in [-0.4, -0.2) is 37.2 Å². The maximum Gasteiger partial charge on any atom is 0.306 e. The highest BCUT2D eigenvalue weighted by Crippen LogP contribution is 2.17. The molecule has 0 heterocycles. The minimum absolute atomic E-state index is 0.0778. The average molecular weight is 1010 g/mol. The molecule has 72 heavy (non-hydrogen) atoms. The van der Waals surface area contributed by atoms with Crippen molar-refractivity contribution >= 4 is 17.9 Å². The van der Waals surface area contributed by atoms with E-state index < -0.39 is 6.10 Å². The van der Waals surface area contributed by atoms with Crippen molar-refractivity contribution in [2.75, 3.05) is 13.2 Å². The van der Waals surface area contributed by atoms with Crippen molar-refractivity contribution < 1.29 is 28.6 Å². The van der Waals surface area contributed by atoms with Crippen LogP contribution < -0.4 is 0 Å². The summed E-state index contributed by atoms with van der Waals surface area (Å²) >= 11 is 0. The number of rotatable bonds is 58. The minimum atomic E-state index is -0.782. The maximum absolute atomic E-state index is 12.9. The Morgan fingerprint density at radius 1 is 0.278 bits per heavy atom. The Bertz CT molecular complexity index is 1250. The second-order valence-electron chi connectivity index (χ2n) is 21.3. The van der Waals surface area contributed by atoms with Crippen LogP contribution in [0.2, 0.25) is 0 Å². The number of carbonyl (C=O) groups excluding carboxylic acids is 3. The van der Waals surface area contributed by atoms with Crippen molar-refractivity contribution in [1.82, 2.24) is 0 Å². The predicted octanol–water partition coefficient (Wildman–Crippen LogP) is 21.4. The maximum atomic E-state index is 12.9. The van der Waals surface area contributed by atoms with E-state index in [-0.39, 0.29) is 31.1 Å². The van der Waals surface area contributed by atoms with E-state index in [1.807, 2.05) is 0 Å². The fraction of sp³-hybridized carbons (Fsp3) is 0.833. The van der Waals surface area contributed by atoms with E-state index >= 15 is 0 Å². The summed E-state index contributed by atoms with van der Waals surface area (Å²) in [7, 11) is 0. The summed E-state index contributed by atoms with van der Waals surface area (Å²) in [6, 6.07) is 0. The Morgan fingerprint density at radius 3 is 0.833 bits per heavy atom. The lowest BCUT2D eigenvalue weighted by atomic mass is 10.0. The molecule has 0 saturated carbocycles. The van der Waals surface area contributed by atoms with Crippen LogP contribution >= 0.6 is 0 Å². The number of hydrogen-bond donors (Lipinski definition) is 0. The molecule has 0 amide bonds. The van der Waals surface area contributed by atoms with Gasteiger partial charge in [0.15, 0.2) is 6.10 Å². The van der Waals surface area contributed by atoms with Crippen molar-refractivity contribution in [3.05, 3.63) is 48.6 Å². The van der Waals surface area contributed by atoms with E-state index in [1.165, 1.54) is 205 Å². The van der Waals surface area contributed by atoms with E-state index in [4.69, 9.17) is 14.2 Å². The van der Waals surface area contributed by atoms with E-state index in [2.05, 4.69) is 69.4 Å². The van der Waals surface area contributed by atoms with Gasteiger partial charge in [-0.15, -0.1) is 0 Å². The minimum Gasteiger partial charge on any atom is -0.462 e. The van der Waals surface area contributed by atoms with Crippen molar-refractivity contribution in [1.29, 1.82) is 0 Å². The molecule has 0 saturated heterocycles. The van der Waals surface area contributed by atoms with E-state index in [1.54, 1.807) is 0 Å². The van der Waals surface area contributed by atoms with Gasteiger partial charge in [0, 0.05) is 19.3 Å². The van der Waals surface area contributed by atoms with Crippen molar-refractivity contribution in [2.45, 2.75) is 341 Å². The van der Waals surface area contributed by atoms with Gasteiger partial charge in [0.25, 0.3) is 0 Å². The van der Waals surface area contributed by atoms with Gasteiger partial charge in [-0.05, 0) is 83.5 Å². The van der Waals surface area contributed by atoms with Crippen LogP contribution in [0.25, 0.3) is 0 Å². The molecule has 0 spiro atoms. The smallest absolute Gasteiger partial charge is 0.306 e. The molecule has 0 radical (unpaired) electrons. The van der Waals surface area contributed by atoms with Gasteiger partial charge in [0.2, 0.25) is 0 Å². The molecule has 0 aliphatic carbocycles. The lowest BCUT2D eigenvalue weighted by molar-refractivity contribution is -0.167. The fourth-order valence-corrected chi connectivity index (χ4v) is 9.27. The molecule has 0 aromatic heterocycles. The number of carbonyl (C=O) groups is 3. The molecule has 0 aromatic carbocycles. The van der Waals surface area contributed by atoms with Crippen molar-refractivity contribution in [3.63, 3.8) is 0 Å². The second-order valence-corrected chi connectivity index (χ2v) is 21.3. The molecule has 0 bridgehead atoms. The number of ether oxygens (including phenoxy) is 3. The first kappa shape index (κ1) is 69.4. The first-order chi connectivity index (χ1) is 35.5. The first-order valence-corrected chi connectivity index (χ1v) is 31.6. The SMILES string of the molecule is CCCCC/C=C\C/C=C\C/C=C\CCCCCCCCC(=O)OC(COC(=O)CCCCCCC/C=C\CCCCCC)COC(=O)CCCCCCCCCCCCCCCCCCCCCCCC. The summed E-state index contributed by atoms with van der Waals surface area (Å²) in [5, 5.41) is 0. The number of hydrogen-bond acceptors (Lipinski definition) is 6. The first-order valence-electron chi connectivity index (χ1n) is 31.6. The summed E-state index contributed by atoms with van der Waals surface area (Å²) in [5.74, 6) is -0.881. The van der Waals surface area contributed by atoms with Gasteiger partial charge in [0.05, 0.1) is 0 Å². The van der Waals surface area contributed by atoms with Gasteiger partial charge in [0.1, 0.15) is 13.2 Å². The molecular formula is C66H120O6. The van der Waals surface area contributed by atoms with Gasteiger partial charge >= 0.3 is 17.9 Å². The third-order valence-electron chi connectivity index (χ3n) is 14.1. The molecule has 0 aliphatic heterocycles. The highest BCUT2D eigenvalue weighted by atomic mass is 16.6. The summed E-state index contributed by atoms with van der Waals surface area (Å²) in [5.41, 5.74) is 0. The number of allylic oxidation sites excluding steroid dienone is 8. The van der Waals surface area contributed by atoms with Gasteiger partial charge in [-0.25, -0.2) is 0 Å². The van der Waals surface area contributed by atoms with Crippen LogP contribution in [0.15, 0.2) is 48.6 Å². The Balaban J connectivity index is 4.31. The Labute approximate surface area is 448 Å². The molecule has 420 valence electrons. The third-order valence-corrected chi connectivity index (χ3v) is 14.1. The summed E-state index contributed by atoms with van der Waals surface area (Å²) in [6.45, 7) is 6.63. The average Bonchev–Trinajstić information content (AvgIpc) is 3.38. The summed E-state index contributed by atoms with van der Waals surface area (Å²) in [6.07, 6.45) is 75.4. The van der Waals surface area contributed by atoms with Crippen LogP contribution in [-0.2, 0) is 28.6 Å². The zero-order chi connectivity index (χ0) is 52.2. The third kappa shape index (κ3) is 58.3. The Kier molecular flexibility index (Phi) is 58.7. The van der Waals surface area contributed by atoms with E-state index in [0.29, 0.717) is 19.3 Å². The van der Waals surface area contributed by atoms with Gasteiger partial charge in [-0.3, -0.25) is 14.4 Å². The molecule has 0 aliphatic rings. The van der Waals surface area contributed by atoms with Crippen molar-refractivity contribution in [2.24, 2.45) is 0 Å². The highest BCUT2D eigenvalue weighted by Gasteiger charge is 2.19. The molecular weight excluding hydrogens is 889 g/mol. The monoisotopic (exact) mass is 1010 g/mol. The summed E-state index contributed by atoms with van der Waals surface area (Å²) < 4.78 is 16.9. The van der Waals surface area contributed by atoms with Gasteiger partial charge < -0.3 is 14.2 Å². The van der Waals surface area contributed by atoms with Crippen LogP contribution in [0.1, 0.15) is 335 Å². The molecule has 6 heteroatoms. The van der Waals surface area contributed by atoms with E-state index in [0.717, 1.165) is 89.9 Å². The normalized spacial score (nSPS) is 12.3. The molecule has 0 aromatic rings. The zero-order valence-electron chi connectivity index (χ0n) is 48.2. The van der Waals surface area contributed by atoms with Crippen LogP contribution in [0.3, 0.4) is 0 Å². The zero-order valence-corrected chi connectivity index (χ0v) is 48.2. The second kappa shape index (κ2) is 60.9. The number of unbranched alkanes of at least 4 members (excludes halogenated alkanes) is 39. The fourth-order valence-electron chi connectivity index (χ4n) is 9.27. The molecule has 0 fully saturated rings. The highest BCUT2D eigenvalue weighted by molar-refractivity contribution is 5.71. The van der Waals surface area contributed by atoms with Crippen LogP contribution in [0.4, 0.5) is 0 Å². The van der Waals surface area contributed by atoms with Crippen molar-refractivity contribution in [3.8, 4) is 0 Å². The van der Waals surface area contributed by atoms with Crippen LogP contribution in [0, 0.1) is 0 Å². The Hall–Kier alpha value is -2.63. The lowest BCUT2D eigenvalue weighted by Crippen LogP contribution is -2.30. The molecule has 0 N–H and O–H groups in total. The largest absolute Gasteiger partial charge is 0.462 e. The summed E-state index contributed by atoms with van der Waals surface area (Å²) in [4.78, 5) is 38.3. The molecule has 0 rings (SSSR count). The number of esters is 3. The predicted molar refractivity (Wildman–Crippen MR) is 312 cm³/mol. The molecule has 1 unspecified atom stereocenters. The van der Waals surface area contributed by atoms with Gasteiger partial charge in [-0.1, -0.05) is 281 Å². The quantitative estimate of drug-likeness (QED) is 0.0261.